The fourth-order valence-electron chi connectivity index (χ4n) is 3.80. The van der Waals surface area contributed by atoms with Crippen LogP contribution in [0.5, 0.6) is 5.75 Å². The topological polar surface area (TPSA) is 159 Å². The van der Waals surface area contributed by atoms with Gasteiger partial charge in [0.1, 0.15) is 5.75 Å². The highest BCUT2D eigenvalue weighted by Crippen LogP contribution is 2.30. The molecule has 3 aromatic rings. The van der Waals surface area contributed by atoms with E-state index >= 15 is 0 Å². The molecule has 0 spiro atoms. The number of urea groups is 1. The molecule has 11 nitrogen and oxygen atoms in total. The zero-order chi connectivity index (χ0) is 25.2. The number of rotatable bonds is 12. The molecule has 186 valence electrons. The fraction of sp³-hybridized carbons (Fsp3) is 0.333. The van der Waals surface area contributed by atoms with Crippen molar-refractivity contribution in [2.45, 2.75) is 38.5 Å². The van der Waals surface area contributed by atoms with Crippen molar-refractivity contribution in [1.29, 1.82) is 0 Å². The molecule has 0 aliphatic rings. The number of unbranched alkanes of at least 4 members (excludes halogenated alkanes) is 3. The molecule has 1 aromatic heterocycles. The van der Waals surface area contributed by atoms with Crippen molar-refractivity contribution in [3.63, 3.8) is 0 Å². The number of carbonyl (C=O) groups excluding carboxylic acids is 2. The summed E-state index contributed by atoms with van der Waals surface area (Å²) in [6, 6.07) is 9.75. The van der Waals surface area contributed by atoms with Crippen LogP contribution in [0.15, 0.2) is 42.6 Å². The number of anilines is 1. The monoisotopic (exact) mass is 483 g/mol. The summed E-state index contributed by atoms with van der Waals surface area (Å²) < 4.78 is 5.52. The van der Waals surface area contributed by atoms with Gasteiger partial charge in [0.2, 0.25) is 5.91 Å². The molecule has 2 aromatic carbocycles. The summed E-state index contributed by atoms with van der Waals surface area (Å²) in [5.41, 5.74) is 4.80. The van der Waals surface area contributed by atoms with Crippen LogP contribution >= 0.6 is 0 Å². The lowest BCUT2D eigenvalue weighted by molar-refractivity contribution is -0.384. The van der Waals surface area contributed by atoms with E-state index in [0.29, 0.717) is 30.8 Å². The van der Waals surface area contributed by atoms with Crippen molar-refractivity contribution >= 4 is 34.2 Å². The molecule has 3 rings (SSSR count). The molecule has 5 N–H and O–H groups in total. The van der Waals surface area contributed by atoms with Gasteiger partial charge in [0.25, 0.3) is 5.69 Å². The summed E-state index contributed by atoms with van der Waals surface area (Å²) in [6.07, 6.45) is 5.76. The average Bonchev–Trinajstić information content (AvgIpc) is 3.25. The van der Waals surface area contributed by atoms with Crippen LogP contribution in [0.25, 0.3) is 10.9 Å². The van der Waals surface area contributed by atoms with Gasteiger partial charge in [0, 0.05) is 60.4 Å². The lowest BCUT2D eigenvalue weighted by Gasteiger charge is -2.12. The number of H-pyrrole nitrogens is 1. The van der Waals surface area contributed by atoms with Crippen molar-refractivity contribution in [3.05, 3.63) is 63.8 Å². The Morgan fingerprint density at radius 1 is 1.09 bits per heavy atom. The third kappa shape index (κ3) is 7.18. The summed E-state index contributed by atoms with van der Waals surface area (Å²) in [5, 5.41) is 25.9. The molecular formula is C24H29N5O6. The predicted octanol–water partition coefficient (Wildman–Crippen LogP) is 4.25. The van der Waals surface area contributed by atoms with E-state index in [0.717, 1.165) is 41.3 Å². The lowest BCUT2D eigenvalue weighted by Crippen LogP contribution is -2.29. The largest absolute Gasteiger partial charge is 0.496 e. The summed E-state index contributed by atoms with van der Waals surface area (Å²) in [4.78, 5) is 37.0. The Balaban J connectivity index is 1.53. The van der Waals surface area contributed by atoms with Crippen molar-refractivity contribution in [3.8, 4) is 5.75 Å². The second kappa shape index (κ2) is 12.4. The molecule has 3 amide bonds. The first-order valence-electron chi connectivity index (χ1n) is 11.3. The molecule has 1 heterocycles. The number of hydrogen-bond donors (Lipinski definition) is 5. The zero-order valence-corrected chi connectivity index (χ0v) is 19.4. The molecule has 0 saturated carbocycles. The number of fused-ring (bicyclic) bond motifs is 1. The van der Waals surface area contributed by atoms with Crippen molar-refractivity contribution in [1.82, 2.24) is 15.8 Å². The van der Waals surface area contributed by atoms with E-state index in [1.807, 2.05) is 12.3 Å². The summed E-state index contributed by atoms with van der Waals surface area (Å²) in [7, 11) is 1.55. The quantitative estimate of drug-likeness (QED) is 0.112. The molecule has 0 atom stereocenters. The van der Waals surface area contributed by atoms with Gasteiger partial charge in [-0.2, -0.15) is 0 Å². The zero-order valence-electron chi connectivity index (χ0n) is 19.4. The Morgan fingerprint density at radius 3 is 2.63 bits per heavy atom. The summed E-state index contributed by atoms with van der Waals surface area (Å²) in [6.45, 7) is 0.500. The molecule has 35 heavy (non-hydrogen) atoms. The van der Waals surface area contributed by atoms with Crippen LogP contribution < -0.4 is 20.9 Å². The van der Waals surface area contributed by atoms with Crippen LogP contribution in [0.1, 0.15) is 43.2 Å². The van der Waals surface area contributed by atoms with Crippen molar-refractivity contribution in [2.75, 3.05) is 19.0 Å². The number of methoxy groups -OCH3 is 1. The number of benzene rings is 2. The van der Waals surface area contributed by atoms with E-state index in [9.17, 15) is 19.7 Å². The van der Waals surface area contributed by atoms with Gasteiger partial charge in [-0.25, -0.2) is 10.3 Å². The standard InChI is InChI=1S/C24H29N5O6/c1-35-22-13-18(27-24(31)25-11-5-3-2-4-6-23(30)28-32)8-7-16(22)12-17-15-26-21-10-9-19(29(33)34)14-20(17)21/h7-10,13-15,26,32H,2-6,11-12H2,1H3,(H,28,30)(H2,25,27,31). The van der Waals surface area contributed by atoms with Crippen LogP contribution in [0.4, 0.5) is 16.2 Å². The lowest BCUT2D eigenvalue weighted by atomic mass is 10.0. The van der Waals surface area contributed by atoms with Gasteiger partial charge < -0.3 is 20.4 Å². The Labute approximate surface area is 202 Å². The van der Waals surface area contributed by atoms with Crippen molar-refractivity contribution < 1.29 is 24.5 Å². The Bertz CT molecular complexity index is 1190. The number of non-ortho nitro benzene ring substituents is 1. The van der Waals surface area contributed by atoms with Gasteiger partial charge in [0.05, 0.1) is 12.0 Å². The first-order chi connectivity index (χ1) is 16.9. The maximum atomic E-state index is 12.2. The smallest absolute Gasteiger partial charge is 0.319 e. The van der Waals surface area contributed by atoms with E-state index in [-0.39, 0.29) is 18.1 Å². The Morgan fingerprint density at radius 2 is 1.89 bits per heavy atom. The molecular weight excluding hydrogens is 454 g/mol. The number of carbonyl (C=O) groups is 2. The van der Waals surface area contributed by atoms with Gasteiger partial charge in [-0.1, -0.05) is 18.9 Å². The molecule has 0 saturated heterocycles. The molecule has 0 unspecified atom stereocenters. The van der Waals surface area contributed by atoms with Crippen LogP contribution in [0.2, 0.25) is 0 Å². The van der Waals surface area contributed by atoms with Gasteiger partial charge >= 0.3 is 6.03 Å². The highest BCUT2D eigenvalue weighted by Gasteiger charge is 2.13. The van der Waals surface area contributed by atoms with E-state index < -0.39 is 10.8 Å². The minimum absolute atomic E-state index is 0.0324. The number of ether oxygens (including phenoxy) is 1. The number of nitrogens with zero attached hydrogens (tertiary/aromatic N) is 1. The second-order valence-electron chi connectivity index (χ2n) is 8.08. The highest BCUT2D eigenvalue weighted by molar-refractivity contribution is 5.89. The third-order valence-corrected chi connectivity index (χ3v) is 5.63. The number of amides is 3. The number of aromatic nitrogens is 1. The minimum Gasteiger partial charge on any atom is -0.496 e. The van der Waals surface area contributed by atoms with Crippen LogP contribution in [0, 0.1) is 10.1 Å². The predicted molar refractivity (Wildman–Crippen MR) is 131 cm³/mol. The number of hydrogen-bond acceptors (Lipinski definition) is 6. The van der Waals surface area contributed by atoms with Gasteiger partial charge in [0.15, 0.2) is 0 Å². The number of aromatic amines is 1. The minimum atomic E-state index is -0.415. The Kier molecular flexibility index (Phi) is 9.02. The molecule has 0 aliphatic heterocycles. The second-order valence-corrected chi connectivity index (χ2v) is 8.08. The van der Waals surface area contributed by atoms with Crippen LogP contribution in [0.3, 0.4) is 0 Å². The van der Waals surface area contributed by atoms with Gasteiger partial charge in [-0.15, -0.1) is 0 Å². The maximum Gasteiger partial charge on any atom is 0.319 e. The highest BCUT2D eigenvalue weighted by atomic mass is 16.6. The maximum absolute atomic E-state index is 12.2. The van der Waals surface area contributed by atoms with E-state index in [2.05, 4.69) is 15.6 Å². The number of nitro benzene ring substituents is 1. The molecule has 0 fully saturated rings. The molecule has 0 aliphatic carbocycles. The SMILES string of the molecule is COc1cc(NC(=O)NCCCCCCC(=O)NO)ccc1Cc1c[nH]c2ccc([N+](=O)[O-])cc12. The summed E-state index contributed by atoms with van der Waals surface area (Å²) in [5.74, 6) is 0.198. The van der Waals surface area contributed by atoms with E-state index in [1.165, 1.54) is 6.07 Å². The van der Waals surface area contributed by atoms with E-state index in [1.54, 1.807) is 36.9 Å². The third-order valence-electron chi connectivity index (χ3n) is 5.63. The van der Waals surface area contributed by atoms with Crippen LogP contribution in [-0.2, 0) is 11.2 Å². The van der Waals surface area contributed by atoms with Crippen molar-refractivity contribution in [2.24, 2.45) is 0 Å². The molecule has 11 heteroatoms. The normalized spacial score (nSPS) is 10.7. The number of nitrogens with one attached hydrogen (secondary N) is 4. The number of nitro groups is 1. The first kappa shape index (κ1) is 25.5. The van der Waals surface area contributed by atoms with E-state index in [4.69, 9.17) is 9.94 Å². The molecule has 0 radical (unpaired) electrons. The number of hydroxylamine groups is 1. The van der Waals surface area contributed by atoms with Gasteiger partial charge in [-0.3, -0.25) is 20.1 Å². The average molecular weight is 484 g/mol. The summed E-state index contributed by atoms with van der Waals surface area (Å²) >= 11 is 0. The molecule has 0 bridgehead atoms. The van der Waals surface area contributed by atoms with Crippen LogP contribution in [-0.4, -0.2) is 40.7 Å². The fourth-order valence-corrected chi connectivity index (χ4v) is 3.80. The van der Waals surface area contributed by atoms with Gasteiger partial charge in [-0.05, 0) is 36.1 Å². The first-order valence-corrected chi connectivity index (χ1v) is 11.3. The Hall–Kier alpha value is -4.12.